The van der Waals surface area contributed by atoms with Crippen molar-refractivity contribution in [2.45, 2.75) is 12.5 Å². The summed E-state index contributed by atoms with van der Waals surface area (Å²) in [7, 11) is 0. The molecular weight excluding hydrogens is 415 g/mol. The van der Waals surface area contributed by atoms with Crippen molar-refractivity contribution in [3.63, 3.8) is 0 Å². The number of nitrogens with zero attached hydrogens (tertiary/aromatic N) is 1. The molecule has 2 atom stereocenters. The Bertz CT molecular complexity index is 1070. The maximum absolute atomic E-state index is 13.9. The van der Waals surface area contributed by atoms with Gasteiger partial charge in [0, 0.05) is 36.1 Å². The fourth-order valence-corrected chi connectivity index (χ4v) is 4.13. The molecule has 1 aliphatic rings. The standard InChI is InChI=1S/C25H22ClFN2O2/c26-20-11-9-18(10-12-20)25(31)29-15-22(19-7-4-8-21(27)13-19)23(16-29)24(30)28-14-17-5-2-1-3-6-17/h1-13,22-23H,14-16H2,(H,28,30)/t22-,23-/m1/s1. The fourth-order valence-electron chi connectivity index (χ4n) is 4.00. The molecule has 1 saturated heterocycles. The predicted molar refractivity (Wildman–Crippen MR) is 118 cm³/mol. The van der Waals surface area contributed by atoms with Crippen LogP contribution in [0.15, 0.2) is 78.9 Å². The minimum Gasteiger partial charge on any atom is -0.352 e. The lowest BCUT2D eigenvalue weighted by Crippen LogP contribution is -2.35. The van der Waals surface area contributed by atoms with Crippen molar-refractivity contribution < 1.29 is 14.0 Å². The van der Waals surface area contributed by atoms with Crippen LogP contribution in [-0.4, -0.2) is 29.8 Å². The van der Waals surface area contributed by atoms with Crippen molar-refractivity contribution in [2.75, 3.05) is 13.1 Å². The van der Waals surface area contributed by atoms with Gasteiger partial charge >= 0.3 is 0 Å². The Morgan fingerprint density at radius 1 is 0.968 bits per heavy atom. The number of hydrogen-bond acceptors (Lipinski definition) is 2. The predicted octanol–water partition coefficient (Wildman–Crippen LogP) is 4.65. The van der Waals surface area contributed by atoms with Gasteiger partial charge in [-0.25, -0.2) is 4.39 Å². The first-order valence-corrected chi connectivity index (χ1v) is 10.5. The van der Waals surface area contributed by atoms with Crippen LogP contribution in [-0.2, 0) is 11.3 Å². The largest absolute Gasteiger partial charge is 0.352 e. The molecule has 31 heavy (non-hydrogen) atoms. The number of benzene rings is 3. The highest BCUT2D eigenvalue weighted by Gasteiger charge is 2.40. The first-order chi connectivity index (χ1) is 15.0. The van der Waals surface area contributed by atoms with Gasteiger partial charge in [0.25, 0.3) is 5.91 Å². The minimum absolute atomic E-state index is 0.149. The Balaban J connectivity index is 1.55. The molecule has 1 fully saturated rings. The van der Waals surface area contributed by atoms with Gasteiger partial charge in [0.15, 0.2) is 0 Å². The van der Waals surface area contributed by atoms with Crippen molar-refractivity contribution >= 4 is 23.4 Å². The van der Waals surface area contributed by atoms with Crippen LogP contribution in [0.2, 0.25) is 5.02 Å². The highest BCUT2D eigenvalue weighted by Crippen LogP contribution is 2.34. The SMILES string of the molecule is O=C(NCc1ccccc1)[C@@H]1CN(C(=O)c2ccc(Cl)cc2)C[C@@H]1c1cccc(F)c1. The monoisotopic (exact) mass is 436 g/mol. The molecule has 0 bridgehead atoms. The number of halogens is 2. The minimum atomic E-state index is -0.471. The Morgan fingerprint density at radius 3 is 2.42 bits per heavy atom. The molecule has 0 saturated carbocycles. The summed E-state index contributed by atoms with van der Waals surface area (Å²) in [5, 5.41) is 3.52. The van der Waals surface area contributed by atoms with Gasteiger partial charge in [-0.2, -0.15) is 0 Å². The first kappa shape index (κ1) is 21.1. The van der Waals surface area contributed by atoms with Gasteiger partial charge in [-0.05, 0) is 47.5 Å². The van der Waals surface area contributed by atoms with E-state index < -0.39 is 5.92 Å². The lowest BCUT2D eigenvalue weighted by Gasteiger charge is -2.18. The van der Waals surface area contributed by atoms with E-state index in [9.17, 15) is 14.0 Å². The summed E-state index contributed by atoms with van der Waals surface area (Å²) in [5.74, 6) is -1.44. The summed E-state index contributed by atoms with van der Waals surface area (Å²) in [6.45, 7) is 1.01. The Kier molecular flexibility index (Phi) is 6.33. The van der Waals surface area contributed by atoms with Crippen LogP contribution < -0.4 is 5.32 Å². The lowest BCUT2D eigenvalue weighted by molar-refractivity contribution is -0.125. The Morgan fingerprint density at radius 2 is 1.71 bits per heavy atom. The highest BCUT2D eigenvalue weighted by molar-refractivity contribution is 6.30. The number of likely N-dealkylation sites (tertiary alicyclic amines) is 1. The normalized spacial score (nSPS) is 18.1. The maximum Gasteiger partial charge on any atom is 0.253 e. The number of rotatable bonds is 5. The zero-order valence-corrected chi connectivity index (χ0v) is 17.6. The topological polar surface area (TPSA) is 49.4 Å². The van der Waals surface area contributed by atoms with E-state index >= 15 is 0 Å². The molecule has 1 aliphatic heterocycles. The molecule has 3 aromatic carbocycles. The van der Waals surface area contributed by atoms with E-state index in [4.69, 9.17) is 11.6 Å². The molecule has 3 aromatic rings. The maximum atomic E-state index is 13.9. The van der Waals surface area contributed by atoms with Crippen LogP contribution in [0.3, 0.4) is 0 Å². The van der Waals surface area contributed by atoms with Crippen LogP contribution in [0.1, 0.15) is 27.4 Å². The average molecular weight is 437 g/mol. The van der Waals surface area contributed by atoms with Gasteiger partial charge in [-0.15, -0.1) is 0 Å². The van der Waals surface area contributed by atoms with Gasteiger partial charge < -0.3 is 10.2 Å². The third-order valence-electron chi connectivity index (χ3n) is 5.62. The summed E-state index contributed by atoms with van der Waals surface area (Å²) >= 11 is 5.93. The zero-order valence-electron chi connectivity index (χ0n) is 16.8. The van der Waals surface area contributed by atoms with E-state index in [2.05, 4.69) is 5.32 Å². The summed E-state index contributed by atoms with van der Waals surface area (Å²) in [5.41, 5.74) is 2.21. The molecule has 0 aromatic heterocycles. The molecule has 2 amide bonds. The molecule has 4 rings (SSSR count). The van der Waals surface area contributed by atoms with Crippen LogP contribution in [0, 0.1) is 11.7 Å². The van der Waals surface area contributed by atoms with Crippen LogP contribution in [0.4, 0.5) is 4.39 Å². The fraction of sp³-hybridized carbons (Fsp3) is 0.200. The van der Waals surface area contributed by atoms with Gasteiger partial charge in [-0.3, -0.25) is 9.59 Å². The molecular formula is C25H22ClFN2O2. The summed E-state index contributed by atoms with van der Waals surface area (Å²) in [4.78, 5) is 27.8. The smallest absolute Gasteiger partial charge is 0.253 e. The molecule has 158 valence electrons. The zero-order chi connectivity index (χ0) is 21.8. The second-order valence-corrected chi connectivity index (χ2v) is 8.12. The van der Waals surface area contributed by atoms with Crippen LogP contribution in [0.25, 0.3) is 0 Å². The van der Waals surface area contributed by atoms with Gasteiger partial charge in [0.05, 0.1) is 5.92 Å². The van der Waals surface area contributed by atoms with E-state index in [1.165, 1.54) is 12.1 Å². The van der Waals surface area contributed by atoms with Crippen LogP contribution in [0.5, 0.6) is 0 Å². The number of nitrogens with one attached hydrogen (secondary N) is 1. The molecule has 6 heteroatoms. The highest BCUT2D eigenvalue weighted by atomic mass is 35.5. The molecule has 1 heterocycles. The molecule has 0 aliphatic carbocycles. The Labute approximate surface area is 185 Å². The van der Waals surface area contributed by atoms with E-state index in [1.54, 1.807) is 35.2 Å². The van der Waals surface area contributed by atoms with Crippen molar-refractivity contribution in [3.8, 4) is 0 Å². The van der Waals surface area contributed by atoms with Crippen LogP contribution >= 0.6 is 11.6 Å². The van der Waals surface area contributed by atoms with Gasteiger partial charge in [0.2, 0.25) is 5.91 Å². The van der Waals surface area contributed by atoms with Crippen molar-refractivity contribution in [3.05, 3.63) is 106 Å². The van der Waals surface area contributed by atoms with Crippen molar-refractivity contribution in [1.82, 2.24) is 10.2 Å². The van der Waals surface area contributed by atoms with Gasteiger partial charge in [0.1, 0.15) is 5.82 Å². The van der Waals surface area contributed by atoms with E-state index in [0.29, 0.717) is 29.2 Å². The first-order valence-electron chi connectivity index (χ1n) is 10.1. The number of amides is 2. The molecule has 1 N–H and O–H groups in total. The summed E-state index contributed by atoms with van der Waals surface area (Å²) < 4.78 is 13.9. The number of carbonyl (C=O) groups is 2. The average Bonchev–Trinajstić information content (AvgIpc) is 3.24. The summed E-state index contributed by atoms with van der Waals surface area (Å²) in [6.07, 6.45) is 0. The number of carbonyl (C=O) groups excluding carboxylic acids is 2. The molecule has 4 nitrogen and oxygen atoms in total. The number of hydrogen-bond donors (Lipinski definition) is 1. The van der Waals surface area contributed by atoms with Crippen molar-refractivity contribution in [1.29, 1.82) is 0 Å². The van der Waals surface area contributed by atoms with E-state index in [1.807, 2.05) is 36.4 Å². The third-order valence-corrected chi connectivity index (χ3v) is 5.87. The van der Waals surface area contributed by atoms with E-state index in [-0.39, 0.29) is 30.1 Å². The third kappa shape index (κ3) is 4.94. The molecule has 0 spiro atoms. The Hall–Kier alpha value is -3.18. The second kappa shape index (κ2) is 9.31. The quantitative estimate of drug-likeness (QED) is 0.632. The molecule has 0 unspecified atom stereocenters. The summed E-state index contributed by atoms with van der Waals surface area (Å²) in [6, 6.07) is 22.6. The van der Waals surface area contributed by atoms with Gasteiger partial charge in [-0.1, -0.05) is 54.1 Å². The lowest BCUT2D eigenvalue weighted by atomic mass is 9.88. The molecule has 0 radical (unpaired) electrons. The second-order valence-electron chi connectivity index (χ2n) is 7.69. The van der Waals surface area contributed by atoms with E-state index in [0.717, 1.165) is 5.56 Å². The van der Waals surface area contributed by atoms with Crippen molar-refractivity contribution in [2.24, 2.45) is 5.92 Å².